The van der Waals surface area contributed by atoms with Gasteiger partial charge in [0.2, 0.25) is 5.88 Å². The van der Waals surface area contributed by atoms with Gasteiger partial charge in [-0.3, -0.25) is 4.90 Å². The quantitative estimate of drug-likeness (QED) is 0.863. The fraction of sp³-hybridized carbons (Fsp3) is 0.412. The standard InChI is InChI=1S/C17H21N3O/c1-13(20-11-3-4-12-20)14-5-7-15(8-6-14)17-18-10-9-16(19-17)21-2/h5-10,13H,3-4,11-12H2,1-2H3/t13-/m0/s1. The van der Waals surface area contributed by atoms with E-state index < -0.39 is 0 Å². The van der Waals surface area contributed by atoms with E-state index in [0.29, 0.717) is 17.7 Å². The van der Waals surface area contributed by atoms with E-state index in [1.807, 2.05) is 0 Å². The van der Waals surface area contributed by atoms with E-state index >= 15 is 0 Å². The monoisotopic (exact) mass is 283 g/mol. The van der Waals surface area contributed by atoms with Gasteiger partial charge in [0.1, 0.15) is 0 Å². The van der Waals surface area contributed by atoms with Gasteiger partial charge in [-0.1, -0.05) is 24.3 Å². The lowest BCUT2D eigenvalue weighted by molar-refractivity contribution is 0.263. The molecule has 3 rings (SSSR count). The van der Waals surface area contributed by atoms with Crippen LogP contribution in [0.4, 0.5) is 0 Å². The Morgan fingerprint density at radius 3 is 2.48 bits per heavy atom. The number of likely N-dealkylation sites (tertiary alicyclic amines) is 1. The summed E-state index contributed by atoms with van der Waals surface area (Å²) in [6, 6.07) is 10.8. The second-order valence-electron chi connectivity index (χ2n) is 5.46. The highest BCUT2D eigenvalue weighted by molar-refractivity contribution is 5.55. The Morgan fingerprint density at radius 2 is 1.81 bits per heavy atom. The molecule has 0 aliphatic carbocycles. The summed E-state index contributed by atoms with van der Waals surface area (Å²) >= 11 is 0. The Balaban J connectivity index is 1.79. The normalized spacial score (nSPS) is 16.9. The SMILES string of the molecule is COc1ccnc(-c2ccc([C@H](C)N3CCCC3)cc2)n1. The van der Waals surface area contributed by atoms with Crippen LogP contribution < -0.4 is 4.74 Å². The van der Waals surface area contributed by atoms with E-state index in [1.54, 1.807) is 19.4 Å². The second kappa shape index (κ2) is 6.22. The summed E-state index contributed by atoms with van der Waals surface area (Å²) in [6.45, 7) is 4.70. The number of benzene rings is 1. The van der Waals surface area contributed by atoms with Crippen molar-refractivity contribution in [2.75, 3.05) is 20.2 Å². The fourth-order valence-corrected chi connectivity index (χ4v) is 2.85. The van der Waals surface area contributed by atoms with Crippen molar-refractivity contribution < 1.29 is 4.74 Å². The highest BCUT2D eigenvalue weighted by atomic mass is 16.5. The van der Waals surface area contributed by atoms with Gasteiger partial charge in [0.15, 0.2) is 5.82 Å². The first-order chi connectivity index (χ1) is 10.3. The van der Waals surface area contributed by atoms with E-state index in [1.165, 1.54) is 31.5 Å². The lowest BCUT2D eigenvalue weighted by Crippen LogP contribution is -2.23. The number of ether oxygens (including phenoxy) is 1. The van der Waals surface area contributed by atoms with Crippen LogP contribution in [0.25, 0.3) is 11.4 Å². The number of hydrogen-bond acceptors (Lipinski definition) is 4. The highest BCUT2D eigenvalue weighted by Crippen LogP contribution is 2.26. The van der Waals surface area contributed by atoms with Crippen LogP contribution in [0, 0.1) is 0 Å². The van der Waals surface area contributed by atoms with Crippen LogP contribution in [0.2, 0.25) is 0 Å². The van der Waals surface area contributed by atoms with Crippen molar-refractivity contribution in [1.82, 2.24) is 14.9 Å². The predicted octanol–water partition coefficient (Wildman–Crippen LogP) is 3.31. The van der Waals surface area contributed by atoms with E-state index in [-0.39, 0.29) is 0 Å². The molecule has 0 N–H and O–H groups in total. The summed E-state index contributed by atoms with van der Waals surface area (Å²) in [6.07, 6.45) is 4.36. The largest absolute Gasteiger partial charge is 0.481 e. The van der Waals surface area contributed by atoms with Crippen LogP contribution in [0.3, 0.4) is 0 Å². The van der Waals surface area contributed by atoms with Crippen LogP contribution in [-0.2, 0) is 0 Å². The van der Waals surface area contributed by atoms with Crippen molar-refractivity contribution in [1.29, 1.82) is 0 Å². The third kappa shape index (κ3) is 3.05. The molecule has 1 aliphatic heterocycles. The summed E-state index contributed by atoms with van der Waals surface area (Å²) in [5.74, 6) is 1.30. The molecule has 0 bridgehead atoms. The van der Waals surface area contributed by atoms with Crippen molar-refractivity contribution in [2.24, 2.45) is 0 Å². The van der Waals surface area contributed by atoms with Gasteiger partial charge in [-0.05, 0) is 38.4 Å². The minimum atomic E-state index is 0.479. The molecule has 4 nitrogen and oxygen atoms in total. The zero-order chi connectivity index (χ0) is 14.7. The summed E-state index contributed by atoms with van der Waals surface area (Å²) in [7, 11) is 1.62. The van der Waals surface area contributed by atoms with E-state index in [2.05, 4.69) is 46.1 Å². The molecule has 2 heterocycles. The molecule has 0 unspecified atom stereocenters. The molecular formula is C17H21N3O. The molecule has 1 fully saturated rings. The molecule has 4 heteroatoms. The number of aromatic nitrogens is 2. The highest BCUT2D eigenvalue weighted by Gasteiger charge is 2.19. The minimum absolute atomic E-state index is 0.479. The molecule has 110 valence electrons. The van der Waals surface area contributed by atoms with Gasteiger partial charge in [-0.2, -0.15) is 4.98 Å². The third-order valence-electron chi connectivity index (χ3n) is 4.18. The zero-order valence-electron chi connectivity index (χ0n) is 12.6. The van der Waals surface area contributed by atoms with Crippen LogP contribution in [0.1, 0.15) is 31.4 Å². The molecule has 2 aromatic rings. The van der Waals surface area contributed by atoms with Gasteiger partial charge in [0.05, 0.1) is 7.11 Å². The number of nitrogens with zero attached hydrogens (tertiary/aromatic N) is 3. The Morgan fingerprint density at radius 1 is 1.10 bits per heavy atom. The van der Waals surface area contributed by atoms with Crippen molar-refractivity contribution in [3.8, 4) is 17.3 Å². The molecule has 0 spiro atoms. The zero-order valence-corrected chi connectivity index (χ0v) is 12.6. The molecular weight excluding hydrogens is 262 g/mol. The summed E-state index contributed by atoms with van der Waals surface area (Å²) in [4.78, 5) is 11.2. The molecule has 1 atom stereocenters. The van der Waals surface area contributed by atoms with E-state index in [4.69, 9.17) is 4.74 Å². The van der Waals surface area contributed by atoms with Crippen molar-refractivity contribution in [3.05, 3.63) is 42.1 Å². The lowest BCUT2D eigenvalue weighted by Gasteiger charge is -2.24. The van der Waals surface area contributed by atoms with Crippen molar-refractivity contribution in [3.63, 3.8) is 0 Å². The summed E-state index contributed by atoms with van der Waals surface area (Å²) in [5.41, 5.74) is 2.37. The molecule has 21 heavy (non-hydrogen) atoms. The van der Waals surface area contributed by atoms with Gasteiger partial charge < -0.3 is 4.74 Å². The molecule has 0 saturated carbocycles. The topological polar surface area (TPSA) is 38.2 Å². The summed E-state index contributed by atoms with van der Waals surface area (Å²) < 4.78 is 5.15. The Bertz CT molecular complexity index is 591. The first-order valence-corrected chi connectivity index (χ1v) is 7.49. The molecule has 0 radical (unpaired) electrons. The van der Waals surface area contributed by atoms with Crippen LogP contribution >= 0.6 is 0 Å². The third-order valence-corrected chi connectivity index (χ3v) is 4.18. The van der Waals surface area contributed by atoms with Crippen LogP contribution in [-0.4, -0.2) is 35.1 Å². The number of rotatable bonds is 4. The Kier molecular flexibility index (Phi) is 4.15. The van der Waals surface area contributed by atoms with Gasteiger partial charge >= 0.3 is 0 Å². The van der Waals surface area contributed by atoms with Crippen molar-refractivity contribution >= 4 is 0 Å². The maximum atomic E-state index is 5.15. The molecule has 1 aliphatic rings. The number of methoxy groups -OCH3 is 1. The molecule has 1 saturated heterocycles. The first kappa shape index (κ1) is 14.0. The average molecular weight is 283 g/mol. The van der Waals surface area contributed by atoms with Gasteiger partial charge in [-0.25, -0.2) is 4.98 Å². The average Bonchev–Trinajstić information content (AvgIpc) is 3.09. The minimum Gasteiger partial charge on any atom is -0.481 e. The van der Waals surface area contributed by atoms with Crippen LogP contribution in [0.5, 0.6) is 5.88 Å². The molecule has 1 aromatic carbocycles. The lowest BCUT2D eigenvalue weighted by atomic mass is 10.0. The maximum absolute atomic E-state index is 5.15. The van der Waals surface area contributed by atoms with Gasteiger partial charge in [0.25, 0.3) is 0 Å². The number of hydrogen-bond donors (Lipinski definition) is 0. The molecule has 1 aromatic heterocycles. The summed E-state index contributed by atoms with van der Waals surface area (Å²) in [5, 5.41) is 0. The smallest absolute Gasteiger partial charge is 0.216 e. The maximum Gasteiger partial charge on any atom is 0.216 e. The molecule has 0 amide bonds. The predicted molar refractivity (Wildman–Crippen MR) is 83.2 cm³/mol. The fourth-order valence-electron chi connectivity index (χ4n) is 2.85. The Labute approximate surface area is 125 Å². The van der Waals surface area contributed by atoms with Crippen LogP contribution in [0.15, 0.2) is 36.5 Å². The van der Waals surface area contributed by atoms with Crippen molar-refractivity contribution in [2.45, 2.75) is 25.8 Å². The first-order valence-electron chi connectivity index (χ1n) is 7.49. The van der Waals surface area contributed by atoms with E-state index in [0.717, 1.165) is 5.56 Å². The van der Waals surface area contributed by atoms with Gasteiger partial charge in [0, 0.05) is 23.9 Å². The van der Waals surface area contributed by atoms with Gasteiger partial charge in [-0.15, -0.1) is 0 Å². The Hall–Kier alpha value is -1.94. The van der Waals surface area contributed by atoms with E-state index in [9.17, 15) is 0 Å². The second-order valence-corrected chi connectivity index (χ2v) is 5.46.